The van der Waals surface area contributed by atoms with Gasteiger partial charge in [0, 0.05) is 37.4 Å². The zero-order chi connectivity index (χ0) is 35.6. The monoisotopic (exact) mass is 690 g/mol. The van der Waals surface area contributed by atoms with Gasteiger partial charge in [-0.2, -0.15) is 5.10 Å². The molecule has 0 radical (unpaired) electrons. The van der Waals surface area contributed by atoms with Gasteiger partial charge in [-0.05, 0) is 48.6 Å². The van der Waals surface area contributed by atoms with Crippen LogP contribution in [-0.4, -0.2) is 64.9 Å². The Bertz CT molecular complexity index is 1960. The van der Waals surface area contributed by atoms with E-state index in [-0.39, 0.29) is 24.7 Å². The van der Waals surface area contributed by atoms with Gasteiger partial charge in [0.05, 0.1) is 61.1 Å². The number of ether oxygens (including phenoxy) is 2. The van der Waals surface area contributed by atoms with Gasteiger partial charge in [0.2, 0.25) is 0 Å². The van der Waals surface area contributed by atoms with Crippen LogP contribution in [0.15, 0.2) is 85.3 Å². The van der Waals surface area contributed by atoms with E-state index in [9.17, 15) is 9.59 Å². The molecule has 264 valence electrons. The lowest BCUT2D eigenvalue weighted by atomic mass is 10.1. The van der Waals surface area contributed by atoms with E-state index in [1.165, 1.54) is 6.21 Å². The number of hydrogen-bond acceptors (Lipinski definition) is 9. The van der Waals surface area contributed by atoms with Crippen molar-refractivity contribution < 1.29 is 19.1 Å². The summed E-state index contributed by atoms with van der Waals surface area (Å²) in [5, 5.41) is 27.6. The van der Waals surface area contributed by atoms with Gasteiger partial charge < -0.3 is 30.8 Å². The van der Waals surface area contributed by atoms with E-state index >= 15 is 0 Å². The molecule has 1 aliphatic rings. The summed E-state index contributed by atoms with van der Waals surface area (Å²) >= 11 is 0. The lowest BCUT2D eigenvalue weighted by Gasteiger charge is -2.23. The highest BCUT2D eigenvalue weighted by molar-refractivity contribution is 5.92. The van der Waals surface area contributed by atoms with Crippen molar-refractivity contribution >= 4 is 46.5 Å². The Morgan fingerprint density at radius 2 is 1.67 bits per heavy atom. The Balaban J connectivity index is 1.02. The van der Waals surface area contributed by atoms with E-state index in [2.05, 4.69) is 41.7 Å². The zero-order valence-corrected chi connectivity index (χ0v) is 28.6. The molecule has 6 rings (SSSR count). The van der Waals surface area contributed by atoms with Crippen LogP contribution in [0.2, 0.25) is 0 Å². The van der Waals surface area contributed by atoms with E-state index < -0.39 is 12.1 Å². The molecule has 5 aromatic rings. The summed E-state index contributed by atoms with van der Waals surface area (Å²) < 4.78 is 13.6. The first kappa shape index (κ1) is 35.0. The maximum absolute atomic E-state index is 13.0. The Morgan fingerprint density at radius 3 is 2.43 bits per heavy atom. The molecule has 3 aromatic heterocycles. The molecule has 4 amide bonds. The number of rotatable bonds is 13. The first-order valence-electron chi connectivity index (χ1n) is 16.9. The summed E-state index contributed by atoms with van der Waals surface area (Å²) in [6.45, 7) is 3.86. The molecule has 51 heavy (non-hydrogen) atoms. The Kier molecular flexibility index (Phi) is 11.5. The van der Waals surface area contributed by atoms with Crippen molar-refractivity contribution in [3.63, 3.8) is 0 Å². The fraction of sp³-hybridized carbons (Fsp3) is 0.297. The van der Waals surface area contributed by atoms with Crippen molar-refractivity contribution in [1.29, 1.82) is 5.41 Å². The quantitative estimate of drug-likeness (QED) is 0.0793. The molecule has 0 saturated carbocycles. The maximum Gasteiger partial charge on any atom is 0.320 e. The number of urea groups is 2. The standard InChI is InChI=1S/C37H42N10O4/c1-24(43-36(48)45-35-17-29-19-42-47(33(29)21-41-35)30-11-13-50-14-12-30)27-10-6-7-25(15-27)22-51-23-32(26-8-4-3-5-9-26)44-37(49)46-34-16-28(18-38)31(39-2)20-40-34/h3-10,15-21,24,30,32,38-39H,11-14,22-23H2,1-2H3,(H2,40,44,46,49)(H2,41,43,45,48)/t24-,32?/m1/s1. The normalized spacial score (nSPS) is 14.3. The van der Waals surface area contributed by atoms with Crippen LogP contribution in [0.5, 0.6) is 0 Å². The van der Waals surface area contributed by atoms with Crippen LogP contribution in [0.3, 0.4) is 0 Å². The number of nitrogens with zero attached hydrogens (tertiary/aromatic N) is 4. The second-order valence-electron chi connectivity index (χ2n) is 12.3. The molecule has 0 aliphatic carbocycles. The number of fused-ring (bicyclic) bond motifs is 1. The molecule has 1 aliphatic heterocycles. The summed E-state index contributed by atoms with van der Waals surface area (Å²) in [6, 6.07) is 19.5. The number of pyridine rings is 2. The topological polar surface area (TPSA) is 180 Å². The van der Waals surface area contributed by atoms with Crippen molar-refractivity contribution in [3.05, 3.63) is 108 Å². The third kappa shape index (κ3) is 9.04. The zero-order valence-electron chi connectivity index (χ0n) is 28.6. The predicted molar refractivity (Wildman–Crippen MR) is 196 cm³/mol. The smallest absolute Gasteiger partial charge is 0.320 e. The van der Waals surface area contributed by atoms with Crippen LogP contribution in [0, 0.1) is 5.41 Å². The summed E-state index contributed by atoms with van der Waals surface area (Å²) in [6.07, 6.45) is 8.13. The van der Waals surface area contributed by atoms with Crippen LogP contribution < -0.4 is 26.6 Å². The number of anilines is 3. The molecule has 0 bridgehead atoms. The summed E-state index contributed by atoms with van der Waals surface area (Å²) in [7, 11) is 1.74. The Morgan fingerprint density at radius 1 is 0.941 bits per heavy atom. The molecule has 4 heterocycles. The molecule has 1 saturated heterocycles. The van der Waals surface area contributed by atoms with E-state index in [0.29, 0.717) is 29.5 Å². The summed E-state index contributed by atoms with van der Waals surface area (Å²) in [4.78, 5) is 34.6. The van der Waals surface area contributed by atoms with Gasteiger partial charge in [-0.25, -0.2) is 19.6 Å². The minimum atomic E-state index is -0.451. The number of carbonyl (C=O) groups is 2. The average Bonchev–Trinajstić information content (AvgIpc) is 3.58. The van der Waals surface area contributed by atoms with Gasteiger partial charge in [-0.15, -0.1) is 0 Å². The first-order valence-corrected chi connectivity index (χ1v) is 16.9. The predicted octanol–water partition coefficient (Wildman–Crippen LogP) is 6.18. The summed E-state index contributed by atoms with van der Waals surface area (Å²) in [5.74, 6) is 0.761. The lowest BCUT2D eigenvalue weighted by molar-refractivity contribution is 0.0674. The second-order valence-corrected chi connectivity index (χ2v) is 12.3. The first-order chi connectivity index (χ1) is 24.9. The van der Waals surface area contributed by atoms with Crippen LogP contribution in [0.1, 0.15) is 60.1 Å². The van der Waals surface area contributed by atoms with Crippen molar-refractivity contribution in [1.82, 2.24) is 30.4 Å². The molecule has 2 aromatic carbocycles. The van der Waals surface area contributed by atoms with Gasteiger partial charge in [-0.3, -0.25) is 15.3 Å². The van der Waals surface area contributed by atoms with Gasteiger partial charge in [-0.1, -0.05) is 54.6 Å². The van der Waals surface area contributed by atoms with Crippen LogP contribution >= 0.6 is 0 Å². The van der Waals surface area contributed by atoms with Crippen molar-refractivity contribution in [2.75, 3.05) is 42.8 Å². The Labute approximate surface area is 295 Å². The Hall–Kier alpha value is -5.86. The molecule has 1 unspecified atom stereocenters. The van der Waals surface area contributed by atoms with Gasteiger partial charge >= 0.3 is 12.1 Å². The fourth-order valence-corrected chi connectivity index (χ4v) is 6.00. The second kappa shape index (κ2) is 16.7. The van der Waals surface area contributed by atoms with E-state index in [1.54, 1.807) is 31.7 Å². The van der Waals surface area contributed by atoms with Crippen molar-refractivity contribution in [3.8, 4) is 0 Å². The highest BCUT2D eigenvalue weighted by atomic mass is 16.5. The SMILES string of the molecule is CNc1cnc(NC(=O)NC(COCc2cccc([C@@H](C)NC(=O)Nc3cc4cnn(C5CCOCC5)c4cn3)c2)c2ccccc2)cc1C=N. The molecular weight excluding hydrogens is 648 g/mol. The largest absolute Gasteiger partial charge is 0.386 e. The molecule has 6 N–H and O–H groups in total. The van der Waals surface area contributed by atoms with Crippen molar-refractivity contribution in [2.24, 2.45) is 0 Å². The van der Waals surface area contributed by atoms with E-state index in [0.717, 1.165) is 53.6 Å². The molecular formula is C37H42N10O4. The minimum Gasteiger partial charge on any atom is -0.386 e. The molecule has 1 fully saturated rings. The molecule has 2 atom stereocenters. The highest BCUT2D eigenvalue weighted by Crippen LogP contribution is 2.26. The summed E-state index contributed by atoms with van der Waals surface area (Å²) in [5.41, 5.74) is 4.92. The third-order valence-corrected chi connectivity index (χ3v) is 8.72. The number of hydrogen-bond donors (Lipinski definition) is 6. The third-order valence-electron chi connectivity index (χ3n) is 8.72. The average molecular weight is 691 g/mol. The number of benzene rings is 2. The molecule has 14 heteroatoms. The fourth-order valence-electron chi connectivity index (χ4n) is 6.00. The van der Waals surface area contributed by atoms with Gasteiger partial charge in [0.1, 0.15) is 11.6 Å². The van der Waals surface area contributed by atoms with Crippen molar-refractivity contribution in [2.45, 2.75) is 44.5 Å². The number of nitrogens with one attached hydrogen (secondary N) is 6. The maximum atomic E-state index is 13.0. The minimum absolute atomic E-state index is 0.209. The van der Waals surface area contributed by atoms with Gasteiger partial charge in [0.25, 0.3) is 0 Å². The highest BCUT2D eigenvalue weighted by Gasteiger charge is 2.20. The van der Waals surface area contributed by atoms with Crippen LogP contribution in [-0.2, 0) is 16.1 Å². The lowest BCUT2D eigenvalue weighted by Crippen LogP contribution is -2.35. The molecule has 0 spiro atoms. The van der Waals surface area contributed by atoms with E-state index in [1.807, 2.05) is 72.3 Å². The number of amides is 4. The van der Waals surface area contributed by atoms with Crippen LogP contribution in [0.25, 0.3) is 10.9 Å². The number of aromatic nitrogens is 4. The van der Waals surface area contributed by atoms with Crippen LogP contribution in [0.4, 0.5) is 26.9 Å². The van der Waals surface area contributed by atoms with Gasteiger partial charge in [0.15, 0.2) is 0 Å². The van der Waals surface area contributed by atoms with E-state index in [4.69, 9.17) is 14.9 Å². The number of carbonyl (C=O) groups excluding carboxylic acids is 2. The molecule has 14 nitrogen and oxygen atoms in total.